The lowest BCUT2D eigenvalue weighted by atomic mass is 9.62. The maximum atomic E-state index is 10.4. The second kappa shape index (κ2) is 4.96. The molecule has 0 saturated heterocycles. The van der Waals surface area contributed by atoms with E-state index in [1.165, 1.54) is 19.3 Å². The molecule has 0 spiro atoms. The van der Waals surface area contributed by atoms with E-state index in [9.17, 15) is 10.2 Å². The molecule has 0 radical (unpaired) electrons. The Balaban J connectivity index is 1.76. The lowest BCUT2D eigenvalue weighted by molar-refractivity contribution is 0.00683. The van der Waals surface area contributed by atoms with Gasteiger partial charge in [-0.05, 0) is 75.5 Å². The molecule has 118 valence electrons. The molecule has 3 aliphatic rings. The van der Waals surface area contributed by atoms with Crippen molar-refractivity contribution >= 4 is 0 Å². The third-order valence-electron chi connectivity index (χ3n) is 6.13. The molecule has 3 aliphatic carbocycles. The summed E-state index contributed by atoms with van der Waals surface area (Å²) in [5.41, 5.74) is 1.46. The maximum Gasteiger partial charge on any atom is 0.0771 e. The highest BCUT2D eigenvalue weighted by atomic mass is 16.3. The highest BCUT2D eigenvalue weighted by Crippen LogP contribution is 2.66. The van der Waals surface area contributed by atoms with Crippen LogP contribution >= 0.6 is 0 Å². The van der Waals surface area contributed by atoms with Gasteiger partial charge in [0.05, 0.1) is 11.7 Å². The van der Waals surface area contributed by atoms with Crippen LogP contribution in [0.3, 0.4) is 0 Å². The van der Waals surface area contributed by atoms with Crippen LogP contribution in [0.5, 0.6) is 0 Å². The maximum absolute atomic E-state index is 10.4. The number of aliphatic hydroxyl groups is 2. The minimum Gasteiger partial charge on any atom is -0.393 e. The summed E-state index contributed by atoms with van der Waals surface area (Å²) in [6.07, 6.45) is 14.4. The van der Waals surface area contributed by atoms with E-state index >= 15 is 0 Å². The van der Waals surface area contributed by atoms with Crippen LogP contribution < -0.4 is 0 Å². The van der Waals surface area contributed by atoms with E-state index in [0.717, 1.165) is 25.7 Å². The summed E-state index contributed by atoms with van der Waals surface area (Å²) in [6.45, 7) is 6.04. The Morgan fingerprint density at radius 3 is 2.67 bits per heavy atom. The zero-order valence-corrected chi connectivity index (χ0v) is 13.7. The summed E-state index contributed by atoms with van der Waals surface area (Å²) in [6, 6.07) is 0. The Morgan fingerprint density at radius 1 is 1.33 bits per heavy atom. The Bertz CT molecular complexity index is 464. The number of rotatable bonds is 4. The van der Waals surface area contributed by atoms with Crippen LogP contribution in [-0.4, -0.2) is 21.9 Å². The molecule has 2 fully saturated rings. The molecule has 0 aromatic carbocycles. The second-order valence-corrected chi connectivity index (χ2v) is 8.38. The summed E-state index contributed by atoms with van der Waals surface area (Å²) in [7, 11) is 0. The van der Waals surface area contributed by atoms with Gasteiger partial charge in [-0.25, -0.2) is 0 Å². The van der Waals surface area contributed by atoms with Crippen molar-refractivity contribution in [2.45, 2.75) is 77.4 Å². The zero-order chi connectivity index (χ0) is 15.3. The molecule has 0 heterocycles. The summed E-state index contributed by atoms with van der Waals surface area (Å²) >= 11 is 0. The first kappa shape index (κ1) is 15.3. The third kappa shape index (κ3) is 2.73. The number of fused-ring (bicyclic) bond motifs is 1. The SMILES string of the molecule is CC(C)(O)/C=C\CC1(C2=CC[C@H]3[C@@H](O)CCC[C@@]23C)CC1. The van der Waals surface area contributed by atoms with E-state index in [1.54, 1.807) is 5.57 Å². The van der Waals surface area contributed by atoms with Gasteiger partial charge in [-0.2, -0.15) is 0 Å². The van der Waals surface area contributed by atoms with E-state index in [4.69, 9.17) is 0 Å². The molecule has 0 amide bonds. The van der Waals surface area contributed by atoms with Gasteiger partial charge in [-0.1, -0.05) is 30.7 Å². The van der Waals surface area contributed by atoms with Gasteiger partial charge in [0, 0.05) is 0 Å². The Morgan fingerprint density at radius 2 is 2.05 bits per heavy atom. The fourth-order valence-electron chi connectivity index (χ4n) is 4.85. The first-order valence-corrected chi connectivity index (χ1v) is 8.56. The molecule has 2 heteroatoms. The van der Waals surface area contributed by atoms with Crippen molar-refractivity contribution < 1.29 is 10.2 Å². The van der Waals surface area contributed by atoms with Gasteiger partial charge in [0.2, 0.25) is 0 Å². The molecule has 2 nitrogen and oxygen atoms in total. The first-order valence-electron chi connectivity index (χ1n) is 8.56. The van der Waals surface area contributed by atoms with Crippen LogP contribution in [0.1, 0.15) is 65.7 Å². The summed E-state index contributed by atoms with van der Waals surface area (Å²) in [4.78, 5) is 0. The minimum atomic E-state index is -0.715. The molecule has 0 aromatic heterocycles. The van der Waals surface area contributed by atoms with Crippen molar-refractivity contribution in [1.29, 1.82) is 0 Å². The fourth-order valence-corrected chi connectivity index (χ4v) is 4.85. The molecule has 21 heavy (non-hydrogen) atoms. The van der Waals surface area contributed by atoms with Crippen molar-refractivity contribution in [2.24, 2.45) is 16.7 Å². The predicted octanol–water partition coefficient (Wildman–Crippen LogP) is 3.98. The van der Waals surface area contributed by atoms with Crippen LogP contribution in [0.25, 0.3) is 0 Å². The first-order chi connectivity index (χ1) is 9.77. The van der Waals surface area contributed by atoms with E-state index in [2.05, 4.69) is 19.1 Å². The minimum absolute atomic E-state index is 0.111. The number of hydrogen-bond donors (Lipinski definition) is 2. The second-order valence-electron chi connectivity index (χ2n) is 8.38. The molecule has 2 N–H and O–H groups in total. The number of hydrogen-bond acceptors (Lipinski definition) is 2. The third-order valence-corrected chi connectivity index (χ3v) is 6.13. The predicted molar refractivity (Wildman–Crippen MR) is 85.9 cm³/mol. The largest absolute Gasteiger partial charge is 0.393 e. The fraction of sp³-hybridized carbons (Fsp3) is 0.789. The smallest absolute Gasteiger partial charge is 0.0771 e. The lowest BCUT2D eigenvalue weighted by Gasteiger charge is -2.44. The van der Waals surface area contributed by atoms with E-state index in [1.807, 2.05) is 19.9 Å². The van der Waals surface area contributed by atoms with Gasteiger partial charge in [0.1, 0.15) is 0 Å². The quantitative estimate of drug-likeness (QED) is 0.769. The zero-order valence-electron chi connectivity index (χ0n) is 13.7. The number of aliphatic hydroxyl groups excluding tert-OH is 1. The van der Waals surface area contributed by atoms with Gasteiger partial charge in [-0.15, -0.1) is 0 Å². The highest BCUT2D eigenvalue weighted by Gasteiger charge is 2.56. The van der Waals surface area contributed by atoms with Crippen molar-refractivity contribution in [3.63, 3.8) is 0 Å². The molecule has 0 aromatic rings. The van der Waals surface area contributed by atoms with E-state index in [-0.39, 0.29) is 11.5 Å². The lowest BCUT2D eigenvalue weighted by Crippen LogP contribution is -2.40. The van der Waals surface area contributed by atoms with Crippen LogP contribution in [-0.2, 0) is 0 Å². The Kier molecular flexibility index (Phi) is 3.61. The van der Waals surface area contributed by atoms with Crippen molar-refractivity contribution in [3.05, 3.63) is 23.8 Å². The van der Waals surface area contributed by atoms with E-state index < -0.39 is 5.60 Å². The molecule has 3 rings (SSSR count). The summed E-state index contributed by atoms with van der Waals surface area (Å²) < 4.78 is 0. The van der Waals surface area contributed by atoms with Gasteiger partial charge in [0.15, 0.2) is 0 Å². The normalized spacial score (nSPS) is 38.4. The van der Waals surface area contributed by atoms with Crippen molar-refractivity contribution in [1.82, 2.24) is 0 Å². The highest BCUT2D eigenvalue weighted by molar-refractivity contribution is 5.35. The monoisotopic (exact) mass is 290 g/mol. The summed E-state index contributed by atoms with van der Waals surface area (Å²) in [5, 5.41) is 20.2. The van der Waals surface area contributed by atoms with Gasteiger partial charge in [-0.3, -0.25) is 0 Å². The molecule has 2 saturated carbocycles. The van der Waals surface area contributed by atoms with Crippen LogP contribution in [0.2, 0.25) is 0 Å². The average molecular weight is 290 g/mol. The van der Waals surface area contributed by atoms with Crippen molar-refractivity contribution in [3.8, 4) is 0 Å². The number of allylic oxidation sites excluding steroid dienone is 3. The molecule has 3 atom stereocenters. The standard InChI is InChI=1S/C19H30O2/c1-17(2,21)9-5-11-19(12-13-19)16-8-7-14-15(20)6-4-10-18(14,16)3/h5,8-9,14-15,20-21H,4,6-7,10-13H2,1-3H3/b9-5-/t14-,15-,18+/m0/s1. The molecular weight excluding hydrogens is 260 g/mol. The average Bonchev–Trinajstić information content (AvgIpc) is 3.03. The van der Waals surface area contributed by atoms with Gasteiger partial charge >= 0.3 is 0 Å². The van der Waals surface area contributed by atoms with Crippen LogP contribution in [0.15, 0.2) is 23.8 Å². The molecule has 0 aliphatic heterocycles. The Hall–Kier alpha value is -0.600. The molecule has 0 bridgehead atoms. The van der Waals surface area contributed by atoms with Crippen molar-refractivity contribution in [2.75, 3.05) is 0 Å². The Labute approximate surface area is 128 Å². The van der Waals surface area contributed by atoms with E-state index in [0.29, 0.717) is 11.3 Å². The van der Waals surface area contributed by atoms with Gasteiger partial charge < -0.3 is 10.2 Å². The summed E-state index contributed by atoms with van der Waals surface area (Å²) in [5.74, 6) is 0.442. The van der Waals surface area contributed by atoms with Crippen LogP contribution in [0.4, 0.5) is 0 Å². The van der Waals surface area contributed by atoms with Gasteiger partial charge in [0.25, 0.3) is 0 Å². The molecular formula is C19H30O2. The topological polar surface area (TPSA) is 40.5 Å². The van der Waals surface area contributed by atoms with Crippen LogP contribution in [0, 0.1) is 16.7 Å². The molecule has 0 unspecified atom stereocenters.